The molecule has 0 saturated heterocycles. The summed E-state index contributed by atoms with van der Waals surface area (Å²) in [5.41, 5.74) is 0. The third-order valence-corrected chi connectivity index (χ3v) is 3.57. The summed E-state index contributed by atoms with van der Waals surface area (Å²) in [7, 11) is 0. The summed E-state index contributed by atoms with van der Waals surface area (Å²) in [6, 6.07) is 0. The van der Waals surface area contributed by atoms with Gasteiger partial charge in [0.2, 0.25) is 0 Å². The molecule has 78 valence electrons. The lowest BCUT2D eigenvalue weighted by atomic mass is 9.80. The van der Waals surface area contributed by atoms with E-state index in [1.54, 1.807) is 0 Å². The molecule has 13 heavy (non-hydrogen) atoms. The van der Waals surface area contributed by atoms with Gasteiger partial charge in [-0.2, -0.15) is 0 Å². The molecule has 0 aliphatic rings. The largest absolute Gasteiger partial charge is 0.103 e. The molecule has 0 amide bonds. The minimum Gasteiger partial charge on any atom is -0.103 e. The summed E-state index contributed by atoms with van der Waals surface area (Å²) >= 11 is 0. The van der Waals surface area contributed by atoms with Gasteiger partial charge in [0, 0.05) is 0 Å². The Kier molecular flexibility index (Phi) is 6.11. The first-order chi connectivity index (χ1) is 6.02. The smallest absolute Gasteiger partial charge is 0.0236 e. The van der Waals surface area contributed by atoms with Crippen molar-refractivity contribution in [2.75, 3.05) is 0 Å². The van der Waals surface area contributed by atoms with Crippen LogP contribution < -0.4 is 0 Å². The molecule has 0 spiro atoms. The van der Waals surface area contributed by atoms with Crippen molar-refractivity contribution in [1.82, 2.24) is 0 Å². The van der Waals surface area contributed by atoms with Crippen LogP contribution in [0.2, 0.25) is 0 Å². The van der Waals surface area contributed by atoms with Crippen LogP contribution in [0, 0.1) is 23.7 Å². The maximum absolute atomic E-state index is 3.86. The van der Waals surface area contributed by atoms with E-state index in [1.807, 2.05) is 0 Å². The van der Waals surface area contributed by atoms with Crippen LogP contribution in [-0.4, -0.2) is 0 Å². The molecule has 0 aromatic rings. The highest BCUT2D eigenvalue weighted by Gasteiger charge is 2.18. The van der Waals surface area contributed by atoms with Gasteiger partial charge >= 0.3 is 0 Å². The van der Waals surface area contributed by atoms with E-state index >= 15 is 0 Å². The molecular formula is C13H26. The van der Waals surface area contributed by atoms with Gasteiger partial charge in [-0.25, -0.2) is 0 Å². The molecule has 4 atom stereocenters. The van der Waals surface area contributed by atoms with E-state index in [0.29, 0.717) is 5.92 Å². The summed E-state index contributed by atoms with van der Waals surface area (Å²) in [6.45, 7) is 15.5. The van der Waals surface area contributed by atoms with Gasteiger partial charge in [-0.15, -0.1) is 6.58 Å². The number of hydrogen-bond donors (Lipinski definition) is 0. The summed E-state index contributed by atoms with van der Waals surface area (Å²) in [5.74, 6) is 3.11. The fourth-order valence-corrected chi connectivity index (χ4v) is 1.75. The Bertz CT molecular complexity index is 137. The Morgan fingerprint density at radius 3 is 2.08 bits per heavy atom. The summed E-state index contributed by atoms with van der Waals surface area (Å²) < 4.78 is 0. The second-order valence-corrected chi connectivity index (χ2v) is 4.68. The first-order valence-electron chi connectivity index (χ1n) is 5.65. The quantitative estimate of drug-likeness (QED) is 0.530. The third kappa shape index (κ3) is 4.50. The topological polar surface area (TPSA) is 0 Å². The van der Waals surface area contributed by atoms with Crippen molar-refractivity contribution < 1.29 is 0 Å². The number of rotatable bonds is 6. The molecule has 0 rings (SSSR count). The Morgan fingerprint density at radius 1 is 1.15 bits per heavy atom. The van der Waals surface area contributed by atoms with Crippen LogP contribution in [0.3, 0.4) is 0 Å². The summed E-state index contributed by atoms with van der Waals surface area (Å²) in [6.07, 6.45) is 4.74. The summed E-state index contributed by atoms with van der Waals surface area (Å²) in [5, 5.41) is 0. The molecule has 0 aliphatic heterocycles. The maximum Gasteiger partial charge on any atom is -0.0236 e. The minimum absolute atomic E-state index is 0.652. The predicted molar refractivity (Wildman–Crippen MR) is 61.8 cm³/mol. The van der Waals surface area contributed by atoms with Crippen molar-refractivity contribution in [3.05, 3.63) is 12.7 Å². The van der Waals surface area contributed by atoms with E-state index in [9.17, 15) is 0 Å². The van der Waals surface area contributed by atoms with E-state index in [-0.39, 0.29) is 0 Å². The predicted octanol–water partition coefficient (Wildman–Crippen LogP) is 4.52. The van der Waals surface area contributed by atoms with Gasteiger partial charge in [0.05, 0.1) is 0 Å². The van der Waals surface area contributed by atoms with E-state index in [2.05, 4.69) is 47.3 Å². The zero-order valence-corrected chi connectivity index (χ0v) is 10.0. The lowest BCUT2D eigenvalue weighted by molar-refractivity contribution is 0.267. The van der Waals surface area contributed by atoms with Gasteiger partial charge in [0.1, 0.15) is 0 Å². The summed E-state index contributed by atoms with van der Waals surface area (Å²) in [4.78, 5) is 0. The van der Waals surface area contributed by atoms with Gasteiger partial charge in [-0.3, -0.25) is 0 Å². The van der Waals surface area contributed by atoms with Crippen LogP contribution in [0.25, 0.3) is 0 Å². The highest BCUT2D eigenvalue weighted by molar-refractivity contribution is 4.82. The van der Waals surface area contributed by atoms with Crippen molar-refractivity contribution in [3.63, 3.8) is 0 Å². The highest BCUT2D eigenvalue weighted by atomic mass is 14.2. The van der Waals surface area contributed by atoms with Crippen molar-refractivity contribution in [3.8, 4) is 0 Å². The van der Waals surface area contributed by atoms with Crippen molar-refractivity contribution in [2.24, 2.45) is 23.7 Å². The first kappa shape index (κ1) is 12.7. The molecule has 0 heteroatoms. The van der Waals surface area contributed by atoms with Crippen LogP contribution in [0.5, 0.6) is 0 Å². The molecule has 0 fully saturated rings. The van der Waals surface area contributed by atoms with E-state index in [1.165, 1.54) is 12.8 Å². The Labute approximate surface area is 84.4 Å². The Hall–Kier alpha value is -0.260. The molecule has 0 aliphatic carbocycles. The van der Waals surface area contributed by atoms with Crippen LogP contribution in [0.1, 0.15) is 47.5 Å². The average Bonchev–Trinajstić information content (AvgIpc) is 2.14. The Balaban J connectivity index is 3.94. The van der Waals surface area contributed by atoms with Gasteiger partial charge in [-0.05, 0) is 30.1 Å². The van der Waals surface area contributed by atoms with Crippen molar-refractivity contribution >= 4 is 0 Å². The molecule has 0 aromatic heterocycles. The average molecular weight is 182 g/mol. The standard InChI is InChI=1S/C13H26/c1-7-10(3)9-12(5)13(6)11(4)8-2/h8,10-13H,2,7,9H2,1,3-6H3. The Morgan fingerprint density at radius 2 is 1.69 bits per heavy atom. The molecule has 0 N–H and O–H groups in total. The van der Waals surface area contributed by atoms with Gasteiger partial charge in [0.15, 0.2) is 0 Å². The van der Waals surface area contributed by atoms with Gasteiger partial charge in [-0.1, -0.05) is 47.1 Å². The molecule has 0 bridgehead atoms. The van der Waals surface area contributed by atoms with E-state index < -0.39 is 0 Å². The fourth-order valence-electron chi connectivity index (χ4n) is 1.75. The number of hydrogen-bond acceptors (Lipinski definition) is 0. The second kappa shape index (κ2) is 6.23. The van der Waals surface area contributed by atoms with E-state index in [0.717, 1.165) is 17.8 Å². The zero-order valence-electron chi connectivity index (χ0n) is 10.0. The van der Waals surface area contributed by atoms with Crippen LogP contribution in [0.4, 0.5) is 0 Å². The maximum atomic E-state index is 3.86. The lowest BCUT2D eigenvalue weighted by Gasteiger charge is -2.26. The number of allylic oxidation sites excluding steroid dienone is 1. The molecular weight excluding hydrogens is 156 g/mol. The van der Waals surface area contributed by atoms with Crippen LogP contribution >= 0.6 is 0 Å². The molecule has 0 saturated carbocycles. The van der Waals surface area contributed by atoms with Crippen LogP contribution in [-0.2, 0) is 0 Å². The third-order valence-electron chi connectivity index (χ3n) is 3.57. The van der Waals surface area contributed by atoms with Crippen molar-refractivity contribution in [1.29, 1.82) is 0 Å². The fraction of sp³-hybridized carbons (Fsp3) is 0.846. The van der Waals surface area contributed by atoms with E-state index in [4.69, 9.17) is 0 Å². The lowest BCUT2D eigenvalue weighted by Crippen LogP contribution is -2.17. The monoisotopic (exact) mass is 182 g/mol. The second-order valence-electron chi connectivity index (χ2n) is 4.68. The van der Waals surface area contributed by atoms with Crippen LogP contribution in [0.15, 0.2) is 12.7 Å². The molecule has 0 heterocycles. The highest BCUT2D eigenvalue weighted by Crippen LogP contribution is 2.27. The minimum atomic E-state index is 0.652. The zero-order chi connectivity index (χ0) is 10.4. The van der Waals surface area contributed by atoms with Gasteiger partial charge < -0.3 is 0 Å². The SMILES string of the molecule is C=CC(C)C(C)C(C)CC(C)CC. The first-order valence-corrected chi connectivity index (χ1v) is 5.65. The normalized spacial score (nSPS) is 20.4. The molecule has 4 unspecified atom stereocenters. The molecule has 0 aromatic carbocycles. The molecule has 0 nitrogen and oxygen atoms in total. The van der Waals surface area contributed by atoms with Crippen molar-refractivity contribution in [2.45, 2.75) is 47.5 Å². The molecule has 0 radical (unpaired) electrons. The van der Waals surface area contributed by atoms with Gasteiger partial charge in [0.25, 0.3) is 0 Å².